The molecule has 26 heavy (non-hydrogen) atoms. The summed E-state index contributed by atoms with van der Waals surface area (Å²) in [6.45, 7) is 3.32. The molecule has 2 N–H and O–H groups in total. The first kappa shape index (κ1) is 18.3. The summed E-state index contributed by atoms with van der Waals surface area (Å²) < 4.78 is 25.7. The van der Waals surface area contributed by atoms with Crippen molar-refractivity contribution in [2.24, 2.45) is 12.2 Å². The zero-order valence-electron chi connectivity index (χ0n) is 14.3. The standard InChI is InChI=1S/C15H20N6O4S/c1-18-5-4-17-15(18)11-19-6-8-20(9-7-19)13-3-2-12(21(22)23)10-14(13)26(16,24)25/h2-5,10H,6-9,11H2,1H3,(H2,16,24,25). The number of sulfonamides is 1. The maximum Gasteiger partial charge on any atom is 0.270 e. The predicted octanol–water partition coefficient (Wildman–Crippen LogP) is 0.298. The highest BCUT2D eigenvalue weighted by Gasteiger charge is 2.25. The van der Waals surface area contributed by atoms with Crippen LogP contribution in [0.25, 0.3) is 0 Å². The maximum absolute atomic E-state index is 11.9. The smallest absolute Gasteiger partial charge is 0.270 e. The van der Waals surface area contributed by atoms with E-state index >= 15 is 0 Å². The molecule has 1 fully saturated rings. The molecule has 0 radical (unpaired) electrons. The van der Waals surface area contributed by atoms with Crippen molar-refractivity contribution in [3.8, 4) is 0 Å². The number of hydrogen-bond donors (Lipinski definition) is 1. The van der Waals surface area contributed by atoms with Crippen molar-refractivity contribution in [3.63, 3.8) is 0 Å². The van der Waals surface area contributed by atoms with Gasteiger partial charge in [-0.3, -0.25) is 15.0 Å². The van der Waals surface area contributed by atoms with Crippen molar-refractivity contribution in [2.45, 2.75) is 11.4 Å². The second-order valence-electron chi connectivity index (χ2n) is 6.17. The van der Waals surface area contributed by atoms with Gasteiger partial charge in [0.2, 0.25) is 10.0 Å². The Balaban J connectivity index is 1.77. The monoisotopic (exact) mass is 380 g/mol. The molecule has 10 nitrogen and oxygen atoms in total. The molecule has 3 rings (SSSR count). The number of piperazine rings is 1. The second-order valence-corrected chi connectivity index (χ2v) is 7.70. The largest absolute Gasteiger partial charge is 0.368 e. The summed E-state index contributed by atoms with van der Waals surface area (Å²) >= 11 is 0. The topological polar surface area (TPSA) is 128 Å². The average molecular weight is 380 g/mol. The third-order valence-electron chi connectivity index (χ3n) is 4.46. The van der Waals surface area contributed by atoms with E-state index in [1.54, 1.807) is 6.20 Å². The number of non-ortho nitro benzene ring substituents is 1. The highest BCUT2D eigenvalue weighted by molar-refractivity contribution is 7.89. The van der Waals surface area contributed by atoms with Gasteiger partial charge in [-0.15, -0.1) is 0 Å². The van der Waals surface area contributed by atoms with Crippen molar-refractivity contribution in [1.29, 1.82) is 0 Å². The Hall–Kier alpha value is -2.50. The molecular weight excluding hydrogens is 360 g/mol. The Kier molecular flexibility index (Phi) is 4.94. The SMILES string of the molecule is Cn1ccnc1CN1CCN(c2ccc([N+](=O)[O-])cc2S(N)(=O)=O)CC1. The highest BCUT2D eigenvalue weighted by Crippen LogP contribution is 2.29. The highest BCUT2D eigenvalue weighted by atomic mass is 32.2. The minimum absolute atomic E-state index is 0.218. The van der Waals surface area contributed by atoms with Gasteiger partial charge in [-0.2, -0.15) is 0 Å². The van der Waals surface area contributed by atoms with Crippen molar-refractivity contribution >= 4 is 21.4 Å². The molecule has 0 saturated carbocycles. The molecule has 0 bridgehead atoms. The van der Waals surface area contributed by atoms with E-state index in [-0.39, 0.29) is 10.6 Å². The first-order valence-corrected chi connectivity index (χ1v) is 9.55. The second kappa shape index (κ2) is 7.02. The molecule has 0 atom stereocenters. The number of nitrogens with zero attached hydrogens (tertiary/aromatic N) is 5. The first-order valence-electron chi connectivity index (χ1n) is 8.00. The van der Waals surface area contributed by atoms with Gasteiger partial charge in [-0.25, -0.2) is 18.5 Å². The van der Waals surface area contributed by atoms with E-state index in [9.17, 15) is 18.5 Å². The van der Waals surface area contributed by atoms with Gasteiger partial charge in [-0.05, 0) is 6.07 Å². The molecule has 0 amide bonds. The lowest BCUT2D eigenvalue weighted by Crippen LogP contribution is -2.46. The van der Waals surface area contributed by atoms with Crippen molar-refractivity contribution in [1.82, 2.24) is 14.5 Å². The minimum Gasteiger partial charge on any atom is -0.368 e. The van der Waals surface area contributed by atoms with Crippen LogP contribution < -0.4 is 10.0 Å². The molecule has 1 aromatic heterocycles. The van der Waals surface area contributed by atoms with E-state index in [0.717, 1.165) is 11.9 Å². The Morgan fingerprint density at radius 2 is 1.96 bits per heavy atom. The Bertz CT molecular complexity index is 918. The van der Waals surface area contributed by atoms with Gasteiger partial charge in [0, 0.05) is 57.8 Å². The predicted molar refractivity (Wildman–Crippen MR) is 95.2 cm³/mol. The molecule has 0 unspecified atom stereocenters. The van der Waals surface area contributed by atoms with E-state index in [1.807, 2.05) is 22.7 Å². The quantitative estimate of drug-likeness (QED) is 0.583. The number of nitro groups is 1. The van der Waals surface area contributed by atoms with Crippen LogP contribution in [0.4, 0.5) is 11.4 Å². The average Bonchev–Trinajstić information content (AvgIpc) is 2.99. The van der Waals surface area contributed by atoms with Crippen LogP contribution in [-0.2, 0) is 23.6 Å². The van der Waals surface area contributed by atoms with Gasteiger partial charge in [0.05, 0.1) is 17.2 Å². The number of imidazole rings is 1. The van der Waals surface area contributed by atoms with E-state index in [0.29, 0.717) is 38.4 Å². The van der Waals surface area contributed by atoms with Crippen LogP contribution in [0, 0.1) is 10.1 Å². The van der Waals surface area contributed by atoms with Gasteiger partial charge in [0.25, 0.3) is 5.69 Å². The van der Waals surface area contributed by atoms with Crippen molar-refractivity contribution in [3.05, 3.63) is 46.5 Å². The van der Waals surface area contributed by atoms with Gasteiger partial charge in [0.15, 0.2) is 0 Å². The third kappa shape index (κ3) is 3.84. The molecule has 1 aliphatic rings. The number of hydrogen-bond acceptors (Lipinski definition) is 7. The molecule has 2 aromatic rings. The zero-order valence-corrected chi connectivity index (χ0v) is 15.1. The number of benzene rings is 1. The summed E-state index contributed by atoms with van der Waals surface area (Å²) in [5, 5.41) is 16.2. The van der Waals surface area contributed by atoms with Crippen LogP contribution in [0.5, 0.6) is 0 Å². The van der Waals surface area contributed by atoms with Gasteiger partial charge < -0.3 is 9.47 Å². The molecule has 1 aliphatic heterocycles. The van der Waals surface area contributed by atoms with E-state index in [2.05, 4.69) is 9.88 Å². The molecule has 1 aromatic carbocycles. The van der Waals surface area contributed by atoms with Crippen LogP contribution in [0.3, 0.4) is 0 Å². The van der Waals surface area contributed by atoms with Gasteiger partial charge in [0.1, 0.15) is 10.7 Å². The molecule has 11 heteroatoms. The fourth-order valence-electron chi connectivity index (χ4n) is 3.00. The molecular formula is C15H20N6O4S. The summed E-state index contributed by atoms with van der Waals surface area (Å²) in [7, 11) is -2.13. The van der Waals surface area contributed by atoms with E-state index in [1.165, 1.54) is 12.1 Å². The molecule has 140 valence electrons. The number of nitro benzene ring substituents is 1. The third-order valence-corrected chi connectivity index (χ3v) is 5.40. The molecule has 2 heterocycles. The number of nitrogens with two attached hydrogens (primary N) is 1. The van der Waals surface area contributed by atoms with Crippen LogP contribution in [-0.4, -0.2) is 54.0 Å². The van der Waals surface area contributed by atoms with Gasteiger partial charge in [-0.1, -0.05) is 0 Å². The van der Waals surface area contributed by atoms with Crippen molar-refractivity contribution in [2.75, 3.05) is 31.1 Å². The van der Waals surface area contributed by atoms with E-state index < -0.39 is 14.9 Å². The minimum atomic E-state index is -4.07. The maximum atomic E-state index is 11.9. The van der Waals surface area contributed by atoms with Crippen molar-refractivity contribution < 1.29 is 13.3 Å². The Morgan fingerprint density at radius 1 is 1.27 bits per heavy atom. The zero-order chi connectivity index (χ0) is 18.9. The molecule has 0 aliphatic carbocycles. The first-order chi connectivity index (χ1) is 12.3. The summed E-state index contributed by atoms with van der Waals surface area (Å²) in [6.07, 6.45) is 3.64. The number of rotatable bonds is 5. The molecule has 0 spiro atoms. The number of aromatic nitrogens is 2. The fourth-order valence-corrected chi connectivity index (χ4v) is 3.77. The Labute approximate surface area is 151 Å². The Morgan fingerprint density at radius 3 is 2.50 bits per heavy atom. The van der Waals surface area contributed by atoms with Crippen LogP contribution in [0.2, 0.25) is 0 Å². The fraction of sp³-hybridized carbons (Fsp3) is 0.400. The summed E-state index contributed by atoms with van der Waals surface area (Å²) in [4.78, 5) is 18.5. The van der Waals surface area contributed by atoms with E-state index in [4.69, 9.17) is 5.14 Å². The number of anilines is 1. The van der Waals surface area contributed by atoms with Crippen LogP contribution in [0.1, 0.15) is 5.82 Å². The lowest BCUT2D eigenvalue weighted by molar-refractivity contribution is -0.385. The normalized spacial score (nSPS) is 16.0. The van der Waals surface area contributed by atoms with Crippen LogP contribution >= 0.6 is 0 Å². The summed E-state index contributed by atoms with van der Waals surface area (Å²) in [5.74, 6) is 0.957. The number of primary sulfonamides is 1. The van der Waals surface area contributed by atoms with Crippen LogP contribution in [0.15, 0.2) is 35.5 Å². The molecule has 1 saturated heterocycles. The summed E-state index contributed by atoms with van der Waals surface area (Å²) in [5.41, 5.74) is 0.0981. The lowest BCUT2D eigenvalue weighted by Gasteiger charge is -2.36. The lowest BCUT2D eigenvalue weighted by atomic mass is 10.2. The summed E-state index contributed by atoms with van der Waals surface area (Å²) in [6, 6.07) is 3.77. The van der Waals surface area contributed by atoms with Gasteiger partial charge >= 0.3 is 0 Å². The number of aryl methyl sites for hydroxylation is 1.